The summed E-state index contributed by atoms with van der Waals surface area (Å²) < 4.78 is 78.3. The van der Waals surface area contributed by atoms with Crippen molar-refractivity contribution in [2.24, 2.45) is 0 Å². The molecule has 0 saturated carbocycles. The maximum absolute atomic E-state index is 13.4. The van der Waals surface area contributed by atoms with Crippen LogP contribution in [0.3, 0.4) is 0 Å². The number of benzene rings is 7. The third-order valence-electron chi connectivity index (χ3n) is 17.7. The minimum atomic E-state index is -4.27. The fraction of sp³-hybridized carbons (Fsp3) is 0.500. The lowest BCUT2D eigenvalue weighted by Gasteiger charge is -2.23. The number of alkyl halides is 3. The van der Waals surface area contributed by atoms with E-state index in [9.17, 15) is 26.3 Å². The second-order valence-corrected chi connectivity index (χ2v) is 31.1. The predicted molar refractivity (Wildman–Crippen MR) is 383 cm³/mol. The Morgan fingerprint density at radius 3 is 0.667 bits per heavy atom. The molecular formula is C84H120F6. The molecule has 0 saturated heterocycles. The van der Waals surface area contributed by atoms with Crippen LogP contribution in [0.4, 0.5) is 26.3 Å². The van der Waals surface area contributed by atoms with Gasteiger partial charge in [0.15, 0.2) is 0 Å². The largest absolute Gasteiger partial charge is 0.416 e. The minimum Gasteiger partial charge on any atom is -0.207 e. The summed E-state index contributed by atoms with van der Waals surface area (Å²) in [5, 5.41) is 0. The molecule has 0 aliphatic heterocycles. The number of hydrogen-bond acceptors (Lipinski definition) is 0. The Morgan fingerprint density at radius 1 is 0.244 bits per heavy atom. The van der Waals surface area contributed by atoms with E-state index in [-0.39, 0.29) is 44.5 Å². The molecule has 0 atom stereocenters. The summed E-state index contributed by atoms with van der Waals surface area (Å²) in [4.78, 5) is 0. The van der Waals surface area contributed by atoms with E-state index in [2.05, 4.69) is 221 Å². The van der Waals surface area contributed by atoms with Gasteiger partial charge in [-0.05, 0) is 310 Å². The van der Waals surface area contributed by atoms with E-state index in [1.165, 1.54) is 79.8 Å². The zero-order chi connectivity index (χ0) is 70.6. The molecular weight excluding hydrogens is 1120 g/mol. The van der Waals surface area contributed by atoms with Crippen LogP contribution in [-0.2, 0) is 33.3 Å². The van der Waals surface area contributed by atoms with Gasteiger partial charge in [0.1, 0.15) is 17.5 Å². The van der Waals surface area contributed by atoms with Crippen LogP contribution in [0.25, 0.3) is 0 Å². The van der Waals surface area contributed by atoms with Crippen molar-refractivity contribution in [3.8, 4) is 0 Å². The van der Waals surface area contributed by atoms with Crippen molar-refractivity contribution in [2.45, 2.75) is 281 Å². The molecule has 498 valence electrons. The Labute approximate surface area is 546 Å². The molecule has 7 rings (SSSR count). The molecule has 90 heavy (non-hydrogen) atoms. The summed E-state index contributed by atoms with van der Waals surface area (Å²) in [5.41, 5.74) is 27.1. The van der Waals surface area contributed by atoms with Crippen molar-refractivity contribution in [3.63, 3.8) is 0 Å². The molecule has 7 aromatic rings. The van der Waals surface area contributed by atoms with Crippen LogP contribution in [0, 0.1) is 142 Å². The van der Waals surface area contributed by atoms with Crippen molar-refractivity contribution in [3.05, 3.63) is 241 Å². The smallest absolute Gasteiger partial charge is 0.207 e. The van der Waals surface area contributed by atoms with Gasteiger partial charge in [0.05, 0.1) is 5.56 Å². The second kappa shape index (κ2) is 32.6. The molecule has 0 aromatic heterocycles. The maximum atomic E-state index is 13.4. The van der Waals surface area contributed by atoms with Crippen molar-refractivity contribution in [1.29, 1.82) is 0 Å². The predicted octanol–water partition coefficient (Wildman–Crippen LogP) is 26.4. The number of aryl methyl sites for hydroxylation is 11. The van der Waals surface area contributed by atoms with Crippen LogP contribution in [0.1, 0.15) is 263 Å². The van der Waals surface area contributed by atoms with Crippen LogP contribution < -0.4 is 0 Å². The fourth-order valence-corrected chi connectivity index (χ4v) is 9.45. The Morgan fingerprint density at radius 2 is 0.444 bits per heavy atom. The van der Waals surface area contributed by atoms with E-state index in [4.69, 9.17) is 0 Å². The topological polar surface area (TPSA) is 0 Å². The summed E-state index contributed by atoms with van der Waals surface area (Å²) >= 11 is 0. The zero-order valence-corrected chi connectivity index (χ0v) is 62.9. The lowest BCUT2D eigenvalue weighted by molar-refractivity contribution is -0.138. The van der Waals surface area contributed by atoms with Crippen LogP contribution in [0.5, 0.6) is 0 Å². The summed E-state index contributed by atoms with van der Waals surface area (Å²) in [7, 11) is 0. The summed E-state index contributed by atoms with van der Waals surface area (Å²) in [6.45, 7) is 72.3. The first kappa shape index (κ1) is 82.1. The van der Waals surface area contributed by atoms with Gasteiger partial charge in [-0.25, -0.2) is 13.2 Å². The van der Waals surface area contributed by atoms with Gasteiger partial charge in [0, 0.05) is 0 Å². The fourth-order valence-electron chi connectivity index (χ4n) is 9.45. The van der Waals surface area contributed by atoms with Gasteiger partial charge in [-0.1, -0.05) is 184 Å². The maximum Gasteiger partial charge on any atom is 0.416 e. The SMILES string of the molecule is Cc1cc(C(C)(C)C)cc(C(F)(F)F)c1C.Cc1cc(C(C)(C)C)cc(C)c1C.Cc1cc(C(C)(C)C)cc(C)c1C.Cc1cc(C(C)(C)C)cc(F)c1C.Cc1cc(C(C)(C)C)cc(F)c1C.Cc1cc(C(C)C)cc(F)c1C.Cc1cc(C)c(C)c(C)c1. The highest BCUT2D eigenvalue weighted by Crippen LogP contribution is 2.37. The van der Waals surface area contributed by atoms with E-state index in [0.29, 0.717) is 17.0 Å². The monoisotopic (exact) mass is 1240 g/mol. The van der Waals surface area contributed by atoms with Gasteiger partial charge in [-0.3, -0.25) is 0 Å². The van der Waals surface area contributed by atoms with Crippen LogP contribution >= 0.6 is 0 Å². The Balaban J connectivity index is 0.000000527. The first-order valence-electron chi connectivity index (χ1n) is 32.2. The average Bonchev–Trinajstić information content (AvgIpc) is 0.883. The third-order valence-corrected chi connectivity index (χ3v) is 17.7. The summed E-state index contributed by atoms with van der Waals surface area (Å²) in [5.74, 6) is 0.132. The Hall–Kier alpha value is -5.88. The first-order valence-corrected chi connectivity index (χ1v) is 32.2. The number of rotatable bonds is 1. The molecule has 0 nitrogen and oxygen atoms in total. The molecule has 0 radical (unpaired) electrons. The Bertz CT molecular complexity index is 3100. The minimum absolute atomic E-state index is 0.0271. The van der Waals surface area contributed by atoms with Crippen LogP contribution in [0.2, 0.25) is 0 Å². The molecule has 0 fully saturated rings. The van der Waals surface area contributed by atoms with E-state index in [1.807, 2.05) is 68.4 Å². The van der Waals surface area contributed by atoms with Crippen molar-refractivity contribution in [2.75, 3.05) is 0 Å². The first-order chi connectivity index (χ1) is 40.4. The number of halogens is 6. The van der Waals surface area contributed by atoms with Gasteiger partial charge in [0.25, 0.3) is 0 Å². The van der Waals surface area contributed by atoms with E-state index < -0.39 is 11.7 Å². The molecule has 0 aliphatic carbocycles. The van der Waals surface area contributed by atoms with Gasteiger partial charge >= 0.3 is 6.18 Å². The molecule has 0 heterocycles. The molecule has 0 aliphatic rings. The van der Waals surface area contributed by atoms with Gasteiger partial charge in [0.2, 0.25) is 0 Å². The van der Waals surface area contributed by atoms with Crippen LogP contribution in [-0.4, -0.2) is 0 Å². The highest BCUT2D eigenvalue weighted by atomic mass is 19.4. The van der Waals surface area contributed by atoms with E-state index in [0.717, 1.165) is 55.6 Å². The Kier molecular flexibility index (Phi) is 29.8. The normalized spacial score (nSPS) is 11.7. The van der Waals surface area contributed by atoms with Gasteiger partial charge in [-0.2, -0.15) is 13.2 Å². The zero-order valence-electron chi connectivity index (χ0n) is 62.9. The third kappa shape index (κ3) is 25.3. The second-order valence-electron chi connectivity index (χ2n) is 31.1. The van der Waals surface area contributed by atoms with Crippen molar-refractivity contribution in [1.82, 2.24) is 0 Å². The molecule has 0 spiro atoms. The molecule has 0 amide bonds. The number of hydrogen-bond donors (Lipinski definition) is 0. The lowest BCUT2D eigenvalue weighted by Crippen LogP contribution is -2.16. The van der Waals surface area contributed by atoms with Gasteiger partial charge in [-0.15, -0.1) is 0 Å². The highest BCUT2D eigenvalue weighted by Gasteiger charge is 2.34. The van der Waals surface area contributed by atoms with E-state index >= 15 is 0 Å². The van der Waals surface area contributed by atoms with E-state index in [1.54, 1.807) is 25.1 Å². The molecule has 0 unspecified atom stereocenters. The highest BCUT2D eigenvalue weighted by molar-refractivity contribution is 5.44. The quantitative estimate of drug-likeness (QED) is 0.144. The standard InChI is InChI=1S/C13H17F3.2C13H20.2C12H17F.C11H15F.C10H14/c1-8-6-10(12(3,4)5)7-11(9(8)2)13(14,15)16;2*1-9-7-12(13(4,5)6)8-10(2)11(9)3;2*1-8-6-10(12(3,4)5)7-11(13)9(8)2;1-7(2)10-5-8(3)9(4)11(12)6-10;1-7-5-8(2)10(4)9(3)6-7/h6-7H,1-5H3;2*7-8H,1-6H3;2*6-7H,1-5H3;5-7H,1-4H3;5-6H,1-4H3. The molecule has 7 aromatic carbocycles. The lowest BCUT2D eigenvalue weighted by atomic mass is 9.83. The summed E-state index contributed by atoms with van der Waals surface area (Å²) in [6.07, 6.45) is -4.27. The van der Waals surface area contributed by atoms with Crippen molar-refractivity contribution < 1.29 is 26.3 Å². The van der Waals surface area contributed by atoms with Crippen LogP contribution in [0.15, 0.2) is 84.9 Å². The molecule has 0 bridgehead atoms. The molecule has 6 heteroatoms. The van der Waals surface area contributed by atoms with Crippen molar-refractivity contribution >= 4 is 0 Å². The molecule has 0 N–H and O–H groups in total. The summed E-state index contributed by atoms with van der Waals surface area (Å²) in [6, 6.07) is 27.9. The average molecular weight is 1240 g/mol. The van der Waals surface area contributed by atoms with Gasteiger partial charge < -0.3 is 0 Å².